The summed E-state index contributed by atoms with van der Waals surface area (Å²) in [6.07, 6.45) is 3.05. The second-order valence-corrected chi connectivity index (χ2v) is 5.89. The number of piperazine rings is 1. The molecule has 6 nitrogen and oxygen atoms in total. The van der Waals surface area contributed by atoms with Crippen molar-refractivity contribution in [3.05, 3.63) is 11.4 Å². The lowest BCUT2D eigenvalue weighted by molar-refractivity contribution is 0.185. The zero-order chi connectivity index (χ0) is 14.7. The Morgan fingerprint density at radius 1 is 1.05 bits per heavy atom. The molecule has 0 saturated carbocycles. The summed E-state index contributed by atoms with van der Waals surface area (Å²) in [5.74, 6) is 0.821. The van der Waals surface area contributed by atoms with Crippen LogP contribution in [0.4, 0.5) is 5.95 Å². The molecule has 21 heavy (non-hydrogen) atoms. The van der Waals surface area contributed by atoms with Crippen molar-refractivity contribution in [3.63, 3.8) is 0 Å². The topological polar surface area (TPSA) is 57.2 Å². The lowest BCUT2D eigenvalue weighted by Gasteiger charge is -2.32. The van der Waals surface area contributed by atoms with Gasteiger partial charge in [0.2, 0.25) is 5.95 Å². The zero-order valence-electron chi connectivity index (χ0n) is 13.2. The predicted molar refractivity (Wildman–Crippen MR) is 83.6 cm³/mol. The van der Waals surface area contributed by atoms with Gasteiger partial charge in [0.25, 0.3) is 0 Å². The summed E-state index contributed by atoms with van der Waals surface area (Å²) in [6.45, 7) is 10.9. The number of nitrogens with one attached hydrogen (secondary N) is 1. The van der Waals surface area contributed by atoms with Crippen LogP contribution in [0.2, 0.25) is 0 Å². The van der Waals surface area contributed by atoms with Gasteiger partial charge < -0.3 is 10.2 Å². The van der Waals surface area contributed by atoms with E-state index in [1.165, 1.54) is 6.42 Å². The Labute approximate surface area is 126 Å². The second-order valence-electron chi connectivity index (χ2n) is 5.89. The van der Waals surface area contributed by atoms with Crippen molar-refractivity contribution < 1.29 is 0 Å². The van der Waals surface area contributed by atoms with Gasteiger partial charge in [0.05, 0.1) is 11.4 Å². The van der Waals surface area contributed by atoms with Crippen molar-refractivity contribution in [3.8, 4) is 0 Å². The lowest BCUT2D eigenvalue weighted by Crippen LogP contribution is -2.49. The average Bonchev–Trinajstić information content (AvgIpc) is 3.05. The molecule has 0 aliphatic carbocycles. The molecule has 0 bridgehead atoms. The van der Waals surface area contributed by atoms with Crippen LogP contribution in [0.15, 0.2) is 0 Å². The predicted octanol–water partition coefficient (Wildman–Crippen LogP) is 0.480. The number of rotatable bonds is 4. The SMILES string of the molecule is CCc1nnc(N2CCC(N3CCNCC3)C2)nc1CC. The summed E-state index contributed by atoms with van der Waals surface area (Å²) in [5.41, 5.74) is 2.15. The third-order valence-corrected chi connectivity index (χ3v) is 4.61. The molecule has 1 atom stereocenters. The Hall–Kier alpha value is -1.27. The molecule has 0 radical (unpaired) electrons. The van der Waals surface area contributed by atoms with Gasteiger partial charge in [0.1, 0.15) is 0 Å². The first kappa shape index (κ1) is 14.7. The first-order valence-electron chi connectivity index (χ1n) is 8.24. The van der Waals surface area contributed by atoms with Gasteiger partial charge >= 0.3 is 0 Å². The maximum atomic E-state index is 4.75. The van der Waals surface area contributed by atoms with Crippen molar-refractivity contribution in [2.45, 2.75) is 39.2 Å². The molecule has 2 saturated heterocycles. The standard InChI is InChI=1S/C15H26N6/c1-3-13-14(4-2)18-19-15(17-13)21-8-5-12(11-21)20-9-6-16-7-10-20/h12,16H,3-11H2,1-2H3. The van der Waals surface area contributed by atoms with Crippen molar-refractivity contribution in [2.24, 2.45) is 0 Å². The normalized spacial score (nSPS) is 23.7. The van der Waals surface area contributed by atoms with Crippen LogP contribution in [0, 0.1) is 0 Å². The smallest absolute Gasteiger partial charge is 0.245 e. The molecule has 3 rings (SSSR count). The highest BCUT2D eigenvalue weighted by atomic mass is 15.4. The lowest BCUT2D eigenvalue weighted by atomic mass is 10.2. The van der Waals surface area contributed by atoms with E-state index in [0.29, 0.717) is 6.04 Å². The average molecular weight is 290 g/mol. The fourth-order valence-electron chi connectivity index (χ4n) is 3.33. The highest BCUT2D eigenvalue weighted by Gasteiger charge is 2.30. The van der Waals surface area contributed by atoms with Crippen molar-refractivity contribution in [2.75, 3.05) is 44.2 Å². The summed E-state index contributed by atoms with van der Waals surface area (Å²) in [4.78, 5) is 9.65. The molecule has 1 aromatic rings. The highest BCUT2D eigenvalue weighted by molar-refractivity contribution is 5.32. The van der Waals surface area contributed by atoms with Gasteiger partial charge in [-0.3, -0.25) is 4.90 Å². The number of hydrogen-bond donors (Lipinski definition) is 1. The number of anilines is 1. The van der Waals surface area contributed by atoms with E-state index in [2.05, 4.69) is 39.2 Å². The van der Waals surface area contributed by atoms with Crippen LogP contribution in [0.25, 0.3) is 0 Å². The quantitative estimate of drug-likeness (QED) is 0.870. The van der Waals surface area contributed by atoms with Gasteiger partial charge in [-0.25, -0.2) is 4.98 Å². The van der Waals surface area contributed by atoms with E-state index in [4.69, 9.17) is 4.98 Å². The van der Waals surface area contributed by atoms with Gasteiger partial charge in [-0.05, 0) is 19.3 Å². The molecule has 2 aliphatic heterocycles. The molecular formula is C15H26N6. The summed E-state index contributed by atoms with van der Waals surface area (Å²) >= 11 is 0. The molecule has 1 N–H and O–H groups in total. The summed E-state index contributed by atoms with van der Waals surface area (Å²) < 4.78 is 0. The van der Waals surface area contributed by atoms with E-state index in [9.17, 15) is 0 Å². The Bertz CT molecular complexity index is 471. The minimum absolute atomic E-state index is 0.645. The minimum Gasteiger partial charge on any atom is -0.338 e. The molecule has 0 aromatic carbocycles. The van der Waals surface area contributed by atoms with Gasteiger partial charge in [-0.1, -0.05) is 13.8 Å². The third-order valence-electron chi connectivity index (χ3n) is 4.61. The van der Waals surface area contributed by atoms with Gasteiger partial charge in [-0.2, -0.15) is 5.10 Å². The molecule has 2 aliphatic rings. The van der Waals surface area contributed by atoms with E-state index in [1.54, 1.807) is 0 Å². The second kappa shape index (κ2) is 6.66. The van der Waals surface area contributed by atoms with E-state index < -0.39 is 0 Å². The fourth-order valence-corrected chi connectivity index (χ4v) is 3.33. The Morgan fingerprint density at radius 2 is 1.81 bits per heavy atom. The highest BCUT2D eigenvalue weighted by Crippen LogP contribution is 2.20. The van der Waals surface area contributed by atoms with Crippen LogP contribution >= 0.6 is 0 Å². The summed E-state index contributed by atoms with van der Waals surface area (Å²) in [5, 5.41) is 12.1. The van der Waals surface area contributed by atoms with Gasteiger partial charge in [-0.15, -0.1) is 5.10 Å². The Morgan fingerprint density at radius 3 is 2.52 bits per heavy atom. The molecule has 1 aromatic heterocycles. The van der Waals surface area contributed by atoms with Gasteiger partial charge in [0.15, 0.2) is 0 Å². The summed E-state index contributed by atoms with van der Waals surface area (Å²) in [6, 6.07) is 0.645. The number of hydrogen-bond acceptors (Lipinski definition) is 6. The molecule has 2 fully saturated rings. The molecule has 6 heteroatoms. The van der Waals surface area contributed by atoms with Crippen molar-refractivity contribution in [1.82, 2.24) is 25.4 Å². The number of aryl methyl sites for hydroxylation is 2. The maximum absolute atomic E-state index is 4.75. The fraction of sp³-hybridized carbons (Fsp3) is 0.800. The van der Waals surface area contributed by atoms with Crippen LogP contribution in [0.3, 0.4) is 0 Å². The van der Waals surface area contributed by atoms with E-state index >= 15 is 0 Å². The Kier molecular flexibility index (Phi) is 4.65. The third kappa shape index (κ3) is 3.16. The summed E-state index contributed by atoms with van der Waals surface area (Å²) in [7, 11) is 0. The van der Waals surface area contributed by atoms with Crippen LogP contribution in [0.1, 0.15) is 31.7 Å². The monoisotopic (exact) mass is 290 g/mol. The maximum Gasteiger partial charge on any atom is 0.245 e. The van der Waals surface area contributed by atoms with E-state index in [1.807, 2.05) is 0 Å². The van der Waals surface area contributed by atoms with Gasteiger partial charge in [0, 0.05) is 45.3 Å². The number of nitrogens with zero attached hydrogens (tertiary/aromatic N) is 5. The largest absolute Gasteiger partial charge is 0.338 e. The van der Waals surface area contributed by atoms with Crippen LogP contribution < -0.4 is 10.2 Å². The van der Waals surface area contributed by atoms with E-state index in [0.717, 1.165) is 69.4 Å². The molecule has 0 spiro atoms. The molecule has 1 unspecified atom stereocenters. The van der Waals surface area contributed by atoms with Crippen molar-refractivity contribution in [1.29, 1.82) is 0 Å². The molecule has 0 amide bonds. The Balaban J connectivity index is 1.68. The zero-order valence-corrected chi connectivity index (χ0v) is 13.2. The molecular weight excluding hydrogens is 264 g/mol. The molecule has 3 heterocycles. The van der Waals surface area contributed by atoms with Crippen LogP contribution in [-0.2, 0) is 12.8 Å². The number of aromatic nitrogens is 3. The molecule has 116 valence electrons. The minimum atomic E-state index is 0.645. The van der Waals surface area contributed by atoms with Crippen molar-refractivity contribution >= 4 is 5.95 Å². The first-order valence-corrected chi connectivity index (χ1v) is 8.24. The first-order chi connectivity index (χ1) is 10.3. The van der Waals surface area contributed by atoms with Crippen LogP contribution in [-0.4, -0.2) is 65.4 Å². The van der Waals surface area contributed by atoms with E-state index in [-0.39, 0.29) is 0 Å². The van der Waals surface area contributed by atoms with Crippen LogP contribution in [0.5, 0.6) is 0 Å².